The maximum Gasteiger partial charge on any atom is 0.319 e. The number of nitrogens with zero attached hydrogens (tertiary/aromatic N) is 4. The van der Waals surface area contributed by atoms with E-state index in [4.69, 9.17) is 4.74 Å². The van der Waals surface area contributed by atoms with Gasteiger partial charge in [-0.1, -0.05) is 6.07 Å². The molecule has 0 spiro atoms. The molecule has 26 heavy (non-hydrogen) atoms. The lowest BCUT2D eigenvalue weighted by molar-refractivity contribution is 0.251. The minimum Gasteiger partial charge on any atom is -0.480 e. The minimum atomic E-state index is -0.315. The molecule has 1 saturated heterocycles. The van der Waals surface area contributed by atoms with Crippen molar-refractivity contribution in [3.05, 3.63) is 42.2 Å². The third-order valence-electron chi connectivity index (χ3n) is 4.32. The molecule has 2 aromatic rings. The molecule has 8 nitrogen and oxygen atoms in total. The number of hydrogen-bond acceptors (Lipinski definition) is 6. The van der Waals surface area contributed by atoms with Gasteiger partial charge in [0.05, 0.1) is 7.11 Å². The number of amides is 2. The third kappa shape index (κ3) is 4.40. The van der Waals surface area contributed by atoms with Gasteiger partial charge in [-0.25, -0.2) is 14.8 Å². The van der Waals surface area contributed by atoms with Crippen molar-refractivity contribution < 1.29 is 9.53 Å². The molecule has 0 aliphatic carbocycles. The number of likely N-dealkylation sites (N-methyl/N-ethyl adjacent to an activating group) is 1. The van der Waals surface area contributed by atoms with Gasteiger partial charge in [0.25, 0.3) is 0 Å². The van der Waals surface area contributed by atoms with Crippen molar-refractivity contribution in [3.63, 3.8) is 0 Å². The number of ether oxygens (including phenoxy) is 1. The van der Waals surface area contributed by atoms with E-state index >= 15 is 0 Å². The fourth-order valence-electron chi connectivity index (χ4n) is 2.86. The number of rotatable bonds is 5. The predicted molar refractivity (Wildman–Crippen MR) is 101 cm³/mol. The summed E-state index contributed by atoms with van der Waals surface area (Å²) in [5, 5.41) is 5.63. The molecule has 0 aromatic carbocycles. The molecular weight excluding hydrogens is 332 g/mol. The van der Waals surface area contributed by atoms with Crippen molar-refractivity contribution in [1.29, 1.82) is 0 Å². The Morgan fingerprint density at radius 2 is 1.88 bits per heavy atom. The zero-order valence-electron chi connectivity index (χ0n) is 15.1. The van der Waals surface area contributed by atoms with E-state index in [1.165, 1.54) is 7.11 Å². The number of urea groups is 1. The summed E-state index contributed by atoms with van der Waals surface area (Å²) in [6, 6.07) is 7.05. The highest BCUT2D eigenvalue weighted by atomic mass is 16.5. The topological polar surface area (TPSA) is 82.6 Å². The Morgan fingerprint density at radius 3 is 2.65 bits per heavy atom. The number of nitrogens with one attached hydrogen (secondary N) is 2. The first-order valence-electron chi connectivity index (χ1n) is 8.58. The summed E-state index contributed by atoms with van der Waals surface area (Å²) < 4.78 is 5.14. The molecule has 2 N–H and O–H groups in total. The lowest BCUT2D eigenvalue weighted by atomic mass is 10.2. The van der Waals surface area contributed by atoms with E-state index in [-0.39, 0.29) is 6.03 Å². The molecular formula is C18H24N6O2. The van der Waals surface area contributed by atoms with Crippen LogP contribution in [0.3, 0.4) is 0 Å². The Bertz CT molecular complexity index is 746. The Morgan fingerprint density at radius 1 is 1.15 bits per heavy atom. The molecule has 1 aliphatic heterocycles. The molecule has 0 saturated carbocycles. The van der Waals surface area contributed by atoms with Gasteiger partial charge in [0.15, 0.2) is 0 Å². The Labute approximate surface area is 153 Å². The molecule has 0 unspecified atom stereocenters. The summed E-state index contributed by atoms with van der Waals surface area (Å²) in [4.78, 5) is 25.4. The number of anilines is 2. The van der Waals surface area contributed by atoms with Crippen LogP contribution in [0.1, 0.15) is 5.56 Å². The van der Waals surface area contributed by atoms with E-state index < -0.39 is 0 Å². The zero-order chi connectivity index (χ0) is 18.4. The number of aromatic nitrogens is 2. The van der Waals surface area contributed by atoms with E-state index in [9.17, 15) is 4.79 Å². The Hall–Kier alpha value is -2.87. The number of carbonyl (C=O) groups is 1. The molecule has 0 atom stereocenters. The average molecular weight is 356 g/mol. The number of hydrogen-bond donors (Lipinski definition) is 2. The number of carbonyl (C=O) groups excluding carboxylic acids is 1. The summed E-state index contributed by atoms with van der Waals surface area (Å²) in [6.45, 7) is 4.26. The summed E-state index contributed by atoms with van der Waals surface area (Å²) in [5.74, 6) is 1.31. The van der Waals surface area contributed by atoms with Crippen LogP contribution in [0.2, 0.25) is 0 Å². The molecule has 3 rings (SSSR count). The lowest BCUT2D eigenvalue weighted by Gasteiger charge is -2.34. The van der Waals surface area contributed by atoms with Crippen LogP contribution in [-0.2, 0) is 6.54 Å². The van der Waals surface area contributed by atoms with Gasteiger partial charge in [0.2, 0.25) is 5.88 Å². The lowest BCUT2D eigenvalue weighted by Crippen LogP contribution is -2.45. The molecule has 1 aliphatic rings. The van der Waals surface area contributed by atoms with Gasteiger partial charge in [-0.2, -0.15) is 0 Å². The van der Waals surface area contributed by atoms with E-state index in [1.54, 1.807) is 24.5 Å². The first-order valence-corrected chi connectivity index (χ1v) is 8.58. The fraction of sp³-hybridized carbons (Fsp3) is 0.389. The zero-order valence-corrected chi connectivity index (χ0v) is 15.1. The van der Waals surface area contributed by atoms with Gasteiger partial charge < -0.3 is 25.2 Å². The predicted octanol–water partition coefficient (Wildman–Crippen LogP) is 1.56. The molecule has 0 radical (unpaired) electrons. The van der Waals surface area contributed by atoms with E-state index in [1.807, 2.05) is 12.1 Å². The maximum atomic E-state index is 12.2. The quantitative estimate of drug-likeness (QED) is 0.846. The molecule has 138 valence electrons. The molecule has 3 heterocycles. The molecule has 2 amide bonds. The Kier molecular flexibility index (Phi) is 5.85. The van der Waals surface area contributed by atoms with Crippen LogP contribution < -0.4 is 20.3 Å². The van der Waals surface area contributed by atoms with E-state index in [0.717, 1.165) is 37.6 Å². The first kappa shape index (κ1) is 17.9. The van der Waals surface area contributed by atoms with Gasteiger partial charge >= 0.3 is 6.03 Å². The number of pyridine rings is 2. The first-order chi connectivity index (χ1) is 12.7. The van der Waals surface area contributed by atoms with Crippen LogP contribution in [0, 0.1) is 0 Å². The van der Waals surface area contributed by atoms with E-state index in [0.29, 0.717) is 18.1 Å². The van der Waals surface area contributed by atoms with Crippen LogP contribution >= 0.6 is 0 Å². The standard InChI is InChI=1S/C18H24N6O2/c1-23-9-11-24(12-10-23)16-14(5-3-7-19-16)13-21-18(25)22-15-6-4-8-20-17(15)26-2/h3-8H,9-13H2,1-2H3,(H2,21,22,25). The van der Waals surface area contributed by atoms with Crippen molar-refractivity contribution in [1.82, 2.24) is 20.2 Å². The van der Waals surface area contributed by atoms with Gasteiger partial charge in [-0.05, 0) is 25.2 Å². The fourth-order valence-corrected chi connectivity index (χ4v) is 2.86. The normalized spacial score (nSPS) is 14.8. The number of methoxy groups -OCH3 is 1. The molecule has 8 heteroatoms. The van der Waals surface area contributed by atoms with Crippen LogP contribution in [0.15, 0.2) is 36.7 Å². The highest BCUT2D eigenvalue weighted by Gasteiger charge is 2.18. The average Bonchev–Trinajstić information content (AvgIpc) is 2.68. The maximum absolute atomic E-state index is 12.2. The van der Waals surface area contributed by atoms with Crippen molar-refractivity contribution in [2.45, 2.75) is 6.54 Å². The van der Waals surface area contributed by atoms with Crippen molar-refractivity contribution >= 4 is 17.5 Å². The number of piperazine rings is 1. The SMILES string of the molecule is COc1ncccc1NC(=O)NCc1cccnc1N1CCN(C)CC1. The van der Waals surface area contributed by atoms with E-state index in [2.05, 4.69) is 37.4 Å². The summed E-state index contributed by atoms with van der Waals surface area (Å²) in [6.07, 6.45) is 3.40. The summed E-state index contributed by atoms with van der Waals surface area (Å²) in [7, 11) is 3.64. The van der Waals surface area contributed by atoms with Gasteiger partial charge in [-0.15, -0.1) is 0 Å². The Balaban J connectivity index is 1.62. The summed E-state index contributed by atoms with van der Waals surface area (Å²) >= 11 is 0. The highest BCUT2D eigenvalue weighted by Crippen LogP contribution is 2.20. The van der Waals surface area contributed by atoms with Crippen molar-refractivity contribution in [3.8, 4) is 5.88 Å². The van der Waals surface area contributed by atoms with Crippen molar-refractivity contribution in [2.75, 3.05) is 50.6 Å². The van der Waals surface area contributed by atoms with Gasteiger partial charge in [0.1, 0.15) is 11.5 Å². The second kappa shape index (κ2) is 8.48. The van der Waals surface area contributed by atoms with Crippen LogP contribution in [0.4, 0.5) is 16.3 Å². The van der Waals surface area contributed by atoms with Gasteiger partial charge in [-0.3, -0.25) is 0 Å². The largest absolute Gasteiger partial charge is 0.480 e. The third-order valence-corrected chi connectivity index (χ3v) is 4.32. The molecule has 1 fully saturated rings. The second-order valence-corrected chi connectivity index (χ2v) is 6.14. The molecule has 2 aromatic heterocycles. The monoisotopic (exact) mass is 356 g/mol. The van der Waals surface area contributed by atoms with Crippen LogP contribution in [0.25, 0.3) is 0 Å². The van der Waals surface area contributed by atoms with Crippen molar-refractivity contribution in [2.24, 2.45) is 0 Å². The van der Waals surface area contributed by atoms with Crippen LogP contribution in [0.5, 0.6) is 5.88 Å². The van der Waals surface area contributed by atoms with Gasteiger partial charge in [0, 0.05) is 50.7 Å². The molecule has 0 bridgehead atoms. The van der Waals surface area contributed by atoms with Crippen LogP contribution in [-0.4, -0.2) is 61.2 Å². The second-order valence-electron chi connectivity index (χ2n) is 6.14. The highest BCUT2D eigenvalue weighted by molar-refractivity contribution is 5.90. The smallest absolute Gasteiger partial charge is 0.319 e. The summed E-state index contributed by atoms with van der Waals surface area (Å²) in [5.41, 5.74) is 1.52. The minimum absolute atomic E-state index is 0.315.